The van der Waals surface area contributed by atoms with Crippen molar-refractivity contribution in [2.24, 2.45) is 0 Å². The highest BCUT2D eigenvalue weighted by Crippen LogP contribution is 2.20. The van der Waals surface area contributed by atoms with Crippen LogP contribution in [0.4, 0.5) is 0 Å². The first kappa shape index (κ1) is 12.2. The molecule has 20 heavy (non-hydrogen) atoms. The Morgan fingerprint density at radius 1 is 1.20 bits per heavy atom. The molecule has 100 valence electrons. The molecule has 1 N–H and O–H groups in total. The Morgan fingerprint density at radius 2 is 1.95 bits per heavy atom. The Kier molecular flexibility index (Phi) is 2.83. The van der Waals surface area contributed by atoms with Gasteiger partial charge in [0.1, 0.15) is 5.75 Å². The predicted molar refractivity (Wildman–Crippen MR) is 71.4 cm³/mol. The van der Waals surface area contributed by atoms with E-state index in [9.17, 15) is 9.90 Å². The van der Waals surface area contributed by atoms with Crippen molar-refractivity contribution in [1.82, 2.24) is 14.6 Å². The molecule has 0 bridgehead atoms. The number of methoxy groups -OCH3 is 1. The highest BCUT2D eigenvalue weighted by molar-refractivity contribution is 5.88. The summed E-state index contributed by atoms with van der Waals surface area (Å²) in [6, 6.07) is 11.6. The number of hydrogen-bond acceptors (Lipinski definition) is 5. The summed E-state index contributed by atoms with van der Waals surface area (Å²) >= 11 is 0. The molecule has 0 atom stereocenters. The summed E-state index contributed by atoms with van der Waals surface area (Å²) in [4.78, 5) is 16.0. The van der Waals surface area contributed by atoms with Gasteiger partial charge in [-0.3, -0.25) is 0 Å². The topological polar surface area (TPSA) is 76.7 Å². The Bertz CT molecular complexity index is 778. The number of rotatable bonds is 2. The first-order chi connectivity index (χ1) is 9.69. The van der Waals surface area contributed by atoms with Crippen molar-refractivity contribution in [1.29, 1.82) is 0 Å². The molecule has 0 fully saturated rings. The molecule has 1 aromatic carbocycles. The largest absolute Gasteiger partial charge is 0.508 e. The molecule has 0 aliphatic carbocycles. The molecule has 0 amide bonds. The fourth-order valence-electron chi connectivity index (χ4n) is 1.90. The van der Waals surface area contributed by atoms with Crippen LogP contribution in [0.15, 0.2) is 42.5 Å². The Balaban J connectivity index is 2.15. The van der Waals surface area contributed by atoms with Gasteiger partial charge < -0.3 is 9.84 Å². The maximum Gasteiger partial charge on any atom is 0.356 e. The fraction of sp³-hybridized carbons (Fsp3) is 0.0714. The van der Waals surface area contributed by atoms with E-state index in [4.69, 9.17) is 4.74 Å². The van der Waals surface area contributed by atoms with Crippen LogP contribution in [0.3, 0.4) is 0 Å². The highest BCUT2D eigenvalue weighted by Gasteiger charge is 2.14. The predicted octanol–water partition coefficient (Wildman–Crippen LogP) is 1.89. The number of phenols is 1. The number of pyridine rings is 1. The number of ether oxygens (including phenoxy) is 1. The summed E-state index contributed by atoms with van der Waals surface area (Å²) in [5.74, 6) is 0.173. The maximum absolute atomic E-state index is 11.7. The van der Waals surface area contributed by atoms with E-state index in [0.29, 0.717) is 17.2 Å². The van der Waals surface area contributed by atoms with Gasteiger partial charge in [-0.25, -0.2) is 14.3 Å². The number of aromatic hydroxyl groups is 1. The Morgan fingerprint density at radius 3 is 2.65 bits per heavy atom. The molecule has 0 saturated carbocycles. The van der Waals surface area contributed by atoms with Crippen LogP contribution in [0.1, 0.15) is 10.5 Å². The van der Waals surface area contributed by atoms with Gasteiger partial charge in [0, 0.05) is 5.56 Å². The van der Waals surface area contributed by atoms with Crippen LogP contribution >= 0.6 is 0 Å². The van der Waals surface area contributed by atoms with Gasteiger partial charge in [0.25, 0.3) is 0 Å². The normalized spacial score (nSPS) is 10.7. The lowest BCUT2D eigenvalue weighted by Gasteiger charge is -2.00. The second-order valence-electron chi connectivity index (χ2n) is 4.15. The minimum absolute atomic E-state index is 0.174. The van der Waals surface area contributed by atoms with Crippen LogP contribution in [-0.2, 0) is 4.74 Å². The molecule has 0 unspecified atom stereocenters. The van der Waals surface area contributed by atoms with Crippen molar-refractivity contribution < 1.29 is 14.6 Å². The number of fused-ring (bicyclic) bond motifs is 1. The molecule has 6 nitrogen and oxygen atoms in total. The summed E-state index contributed by atoms with van der Waals surface area (Å²) in [6.45, 7) is 0. The summed E-state index contributed by atoms with van der Waals surface area (Å²) < 4.78 is 6.15. The summed E-state index contributed by atoms with van der Waals surface area (Å²) in [5, 5.41) is 13.6. The third-order valence-electron chi connectivity index (χ3n) is 2.88. The minimum Gasteiger partial charge on any atom is -0.508 e. The van der Waals surface area contributed by atoms with Gasteiger partial charge in [0.15, 0.2) is 17.2 Å². The molecular formula is C14H11N3O3. The number of nitrogens with zero attached hydrogens (tertiary/aromatic N) is 3. The van der Waals surface area contributed by atoms with Crippen LogP contribution in [0, 0.1) is 0 Å². The molecule has 0 aliphatic heterocycles. The van der Waals surface area contributed by atoms with E-state index in [1.165, 1.54) is 11.6 Å². The Labute approximate surface area is 114 Å². The van der Waals surface area contributed by atoms with E-state index in [1.54, 1.807) is 42.5 Å². The number of phenolic OH excluding ortho intramolecular Hbond substituents is 1. The average molecular weight is 269 g/mol. The SMILES string of the molecule is COC(=O)c1cccc2nc(-c3ccc(O)cc3)nn12. The first-order valence-corrected chi connectivity index (χ1v) is 5.92. The third-order valence-corrected chi connectivity index (χ3v) is 2.88. The number of carbonyl (C=O) groups excluding carboxylic acids is 1. The van der Waals surface area contributed by atoms with Gasteiger partial charge in [-0.2, -0.15) is 0 Å². The number of benzene rings is 1. The van der Waals surface area contributed by atoms with Crippen LogP contribution in [-0.4, -0.2) is 32.8 Å². The minimum atomic E-state index is -0.474. The lowest BCUT2D eigenvalue weighted by molar-refractivity contribution is 0.0591. The van der Waals surface area contributed by atoms with E-state index in [1.807, 2.05) is 0 Å². The van der Waals surface area contributed by atoms with Gasteiger partial charge in [-0.1, -0.05) is 6.07 Å². The average Bonchev–Trinajstić information content (AvgIpc) is 2.91. The molecule has 0 spiro atoms. The number of carbonyl (C=O) groups is 1. The molecule has 2 aromatic heterocycles. The molecule has 6 heteroatoms. The van der Waals surface area contributed by atoms with Crippen molar-refractivity contribution in [3.63, 3.8) is 0 Å². The van der Waals surface area contributed by atoms with Crippen LogP contribution in [0.5, 0.6) is 5.75 Å². The standard InChI is InChI=1S/C14H11N3O3/c1-20-14(19)11-3-2-4-12-15-13(16-17(11)12)9-5-7-10(18)8-6-9/h2-8,18H,1H3. The zero-order chi connectivity index (χ0) is 14.1. The van der Waals surface area contributed by atoms with Crippen molar-refractivity contribution in [3.05, 3.63) is 48.2 Å². The molecule has 0 radical (unpaired) electrons. The molecule has 0 aliphatic rings. The van der Waals surface area contributed by atoms with Gasteiger partial charge in [0.05, 0.1) is 7.11 Å². The van der Waals surface area contributed by atoms with Gasteiger partial charge in [-0.15, -0.1) is 5.10 Å². The zero-order valence-corrected chi connectivity index (χ0v) is 10.6. The molecule has 0 saturated heterocycles. The van der Waals surface area contributed by atoms with Crippen LogP contribution in [0.25, 0.3) is 17.0 Å². The summed E-state index contributed by atoms with van der Waals surface area (Å²) in [5.41, 5.74) is 1.61. The number of esters is 1. The second kappa shape index (κ2) is 4.65. The molecule has 3 rings (SSSR count). The first-order valence-electron chi connectivity index (χ1n) is 5.92. The van der Waals surface area contributed by atoms with Crippen molar-refractivity contribution >= 4 is 11.6 Å². The van der Waals surface area contributed by atoms with Crippen molar-refractivity contribution in [2.45, 2.75) is 0 Å². The van der Waals surface area contributed by atoms with Gasteiger partial charge in [0.2, 0.25) is 0 Å². The van der Waals surface area contributed by atoms with Gasteiger partial charge >= 0.3 is 5.97 Å². The number of hydrogen-bond donors (Lipinski definition) is 1. The van der Waals surface area contributed by atoms with E-state index < -0.39 is 5.97 Å². The number of aromatic nitrogens is 3. The third kappa shape index (κ3) is 1.97. The maximum atomic E-state index is 11.7. The lowest BCUT2D eigenvalue weighted by Crippen LogP contribution is -2.08. The van der Waals surface area contributed by atoms with Crippen molar-refractivity contribution in [3.8, 4) is 17.1 Å². The van der Waals surface area contributed by atoms with E-state index >= 15 is 0 Å². The van der Waals surface area contributed by atoms with E-state index in [-0.39, 0.29) is 5.75 Å². The van der Waals surface area contributed by atoms with Crippen molar-refractivity contribution in [2.75, 3.05) is 7.11 Å². The monoisotopic (exact) mass is 269 g/mol. The highest BCUT2D eigenvalue weighted by atomic mass is 16.5. The quantitative estimate of drug-likeness (QED) is 0.719. The second-order valence-corrected chi connectivity index (χ2v) is 4.15. The molecular weight excluding hydrogens is 258 g/mol. The molecule has 2 heterocycles. The molecule has 3 aromatic rings. The van der Waals surface area contributed by atoms with Gasteiger partial charge in [-0.05, 0) is 36.4 Å². The summed E-state index contributed by atoms with van der Waals surface area (Å²) in [6.07, 6.45) is 0. The van der Waals surface area contributed by atoms with E-state index in [0.717, 1.165) is 5.56 Å². The lowest BCUT2D eigenvalue weighted by atomic mass is 10.2. The van der Waals surface area contributed by atoms with Crippen LogP contribution in [0.2, 0.25) is 0 Å². The fourth-order valence-corrected chi connectivity index (χ4v) is 1.90. The van der Waals surface area contributed by atoms with Crippen LogP contribution < -0.4 is 0 Å². The summed E-state index contributed by atoms with van der Waals surface area (Å²) in [7, 11) is 1.32. The smallest absolute Gasteiger partial charge is 0.356 e. The zero-order valence-electron chi connectivity index (χ0n) is 10.6. The van der Waals surface area contributed by atoms with E-state index in [2.05, 4.69) is 10.1 Å². The Hall–Kier alpha value is -2.89.